The Labute approximate surface area is 158 Å². The molecule has 2 N–H and O–H groups in total. The van der Waals surface area contributed by atoms with Crippen molar-refractivity contribution < 1.29 is 9.53 Å². The average molecular weight is 368 g/mol. The Balaban J connectivity index is 1.79. The van der Waals surface area contributed by atoms with Gasteiger partial charge in [0, 0.05) is 52.9 Å². The fourth-order valence-corrected chi connectivity index (χ4v) is 3.29. The average Bonchev–Trinajstić information content (AvgIpc) is 3.11. The first-order valence-electron chi connectivity index (χ1n) is 9.99. The Morgan fingerprint density at radius 1 is 1.27 bits per heavy atom. The number of amides is 1. The number of guanidine groups is 1. The number of carbonyl (C=O) groups excluding carboxylic acids is 1. The van der Waals surface area contributed by atoms with Crippen molar-refractivity contribution in [2.45, 2.75) is 39.2 Å². The summed E-state index contributed by atoms with van der Waals surface area (Å²) in [5, 5.41) is 6.91. The summed E-state index contributed by atoms with van der Waals surface area (Å²) < 4.78 is 5.49. The lowest BCUT2D eigenvalue weighted by Gasteiger charge is -2.34. The van der Waals surface area contributed by atoms with E-state index >= 15 is 0 Å². The van der Waals surface area contributed by atoms with Crippen LogP contribution in [0.15, 0.2) is 4.99 Å². The summed E-state index contributed by atoms with van der Waals surface area (Å²) in [7, 11) is 3.52. The summed E-state index contributed by atoms with van der Waals surface area (Å²) in [4.78, 5) is 20.5. The second-order valence-electron chi connectivity index (χ2n) is 8.18. The number of hydrogen-bond acceptors (Lipinski definition) is 4. The van der Waals surface area contributed by atoms with Crippen LogP contribution in [0.25, 0.3) is 0 Å². The van der Waals surface area contributed by atoms with Crippen molar-refractivity contribution in [1.29, 1.82) is 0 Å². The maximum absolute atomic E-state index is 11.8. The lowest BCUT2D eigenvalue weighted by Crippen LogP contribution is -2.50. The lowest BCUT2D eigenvalue weighted by molar-refractivity contribution is -0.127. The van der Waals surface area contributed by atoms with Crippen molar-refractivity contribution in [1.82, 2.24) is 20.4 Å². The number of nitrogens with zero attached hydrogens (tertiary/aromatic N) is 3. The predicted octanol–water partition coefficient (Wildman–Crippen LogP) is 0.767. The van der Waals surface area contributed by atoms with Crippen molar-refractivity contribution in [3.63, 3.8) is 0 Å². The quantitative estimate of drug-likeness (QED) is 0.514. The van der Waals surface area contributed by atoms with Crippen LogP contribution in [-0.2, 0) is 9.53 Å². The Morgan fingerprint density at radius 2 is 2.00 bits per heavy atom. The summed E-state index contributed by atoms with van der Waals surface area (Å²) in [6.07, 6.45) is 3.42. The molecular weight excluding hydrogens is 330 g/mol. The highest BCUT2D eigenvalue weighted by Gasteiger charge is 2.24. The van der Waals surface area contributed by atoms with Gasteiger partial charge in [-0.15, -0.1) is 0 Å². The Hall–Kier alpha value is -1.34. The molecular formula is C19H37N5O2. The molecule has 1 amide bonds. The van der Waals surface area contributed by atoms with E-state index < -0.39 is 0 Å². The van der Waals surface area contributed by atoms with E-state index in [1.54, 1.807) is 19.0 Å². The molecule has 0 radical (unpaired) electrons. The van der Waals surface area contributed by atoms with Gasteiger partial charge in [-0.3, -0.25) is 4.79 Å². The van der Waals surface area contributed by atoms with Crippen LogP contribution < -0.4 is 10.6 Å². The molecule has 2 rings (SSSR count). The minimum Gasteiger partial charge on any atom is -0.381 e. The van der Waals surface area contributed by atoms with E-state index in [0.717, 1.165) is 58.2 Å². The fraction of sp³-hybridized carbons (Fsp3) is 0.895. The topological polar surface area (TPSA) is 69.2 Å². The third-order valence-corrected chi connectivity index (χ3v) is 5.02. The minimum atomic E-state index is 0.0178. The number of likely N-dealkylation sites (N-methyl/N-ethyl adjacent to an activating group) is 1. The molecule has 1 atom stereocenters. The first-order valence-corrected chi connectivity index (χ1v) is 9.99. The van der Waals surface area contributed by atoms with Gasteiger partial charge in [0.2, 0.25) is 5.91 Å². The highest BCUT2D eigenvalue weighted by molar-refractivity contribution is 5.84. The van der Waals surface area contributed by atoms with Gasteiger partial charge in [-0.1, -0.05) is 13.8 Å². The number of carbonyl (C=O) groups is 1. The van der Waals surface area contributed by atoms with Gasteiger partial charge in [-0.05, 0) is 31.1 Å². The summed E-state index contributed by atoms with van der Waals surface area (Å²) in [6.45, 7) is 10.6. The molecule has 2 fully saturated rings. The van der Waals surface area contributed by atoms with Crippen molar-refractivity contribution >= 4 is 11.9 Å². The zero-order valence-electron chi connectivity index (χ0n) is 17.0. The normalized spacial score (nSPS) is 22.7. The zero-order valence-corrected chi connectivity index (χ0v) is 17.0. The summed E-state index contributed by atoms with van der Waals surface area (Å²) in [5.74, 6) is 2.02. The van der Waals surface area contributed by atoms with Crippen LogP contribution >= 0.6 is 0 Å². The molecule has 7 nitrogen and oxygen atoms in total. The Morgan fingerprint density at radius 3 is 2.58 bits per heavy atom. The largest absolute Gasteiger partial charge is 0.381 e. The van der Waals surface area contributed by atoms with Crippen LogP contribution in [-0.4, -0.2) is 87.7 Å². The SMILES string of the molecule is CC(C)CNC(=NCC(=O)N(C)C)NC1CCN(CC2CCOC2)CC1. The summed E-state index contributed by atoms with van der Waals surface area (Å²) in [6, 6.07) is 0.416. The van der Waals surface area contributed by atoms with Crippen LogP contribution in [0.5, 0.6) is 0 Å². The maximum Gasteiger partial charge on any atom is 0.243 e. The van der Waals surface area contributed by atoms with Gasteiger partial charge >= 0.3 is 0 Å². The van der Waals surface area contributed by atoms with Crippen LogP contribution in [0, 0.1) is 11.8 Å². The molecule has 0 aliphatic carbocycles. The molecule has 26 heavy (non-hydrogen) atoms. The van der Waals surface area contributed by atoms with E-state index in [2.05, 4.69) is 34.4 Å². The second kappa shape index (κ2) is 10.7. The zero-order chi connectivity index (χ0) is 18.9. The van der Waals surface area contributed by atoms with Crippen LogP contribution in [0.4, 0.5) is 0 Å². The van der Waals surface area contributed by atoms with Crippen molar-refractivity contribution in [3.05, 3.63) is 0 Å². The van der Waals surface area contributed by atoms with Gasteiger partial charge in [-0.2, -0.15) is 0 Å². The molecule has 0 aromatic carbocycles. The van der Waals surface area contributed by atoms with Crippen molar-refractivity contribution in [3.8, 4) is 0 Å². The van der Waals surface area contributed by atoms with Gasteiger partial charge in [0.1, 0.15) is 6.54 Å². The molecule has 1 unspecified atom stereocenters. The Kier molecular flexibility index (Phi) is 8.65. The first kappa shape index (κ1) is 21.0. The fourth-order valence-electron chi connectivity index (χ4n) is 3.29. The number of ether oxygens (including phenoxy) is 1. The monoisotopic (exact) mass is 367 g/mol. The molecule has 0 bridgehead atoms. The van der Waals surface area contributed by atoms with Crippen LogP contribution in [0.2, 0.25) is 0 Å². The van der Waals surface area contributed by atoms with E-state index in [0.29, 0.717) is 17.9 Å². The van der Waals surface area contributed by atoms with Crippen LogP contribution in [0.3, 0.4) is 0 Å². The molecule has 0 aromatic heterocycles. The molecule has 150 valence electrons. The standard InChI is InChI=1S/C19H37N5O2/c1-15(2)11-20-19(21-12-18(25)23(3)4)22-17-5-8-24(9-6-17)13-16-7-10-26-14-16/h15-17H,5-14H2,1-4H3,(H2,20,21,22). The third kappa shape index (κ3) is 7.50. The predicted molar refractivity (Wildman–Crippen MR) is 105 cm³/mol. The molecule has 2 saturated heterocycles. The number of hydrogen-bond donors (Lipinski definition) is 2. The van der Waals surface area contributed by atoms with Gasteiger partial charge in [0.05, 0.1) is 6.61 Å². The Bertz CT molecular complexity index is 453. The third-order valence-electron chi connectivity index (χ3n) is 5.02. The maximum atomic E-state index is 11.8. The number of piperidine rings is 1. The smallest absolute Gasteiger partial charge is 0.243 e. The first-order chi connectivity index (χ1) is 12.4. The molecule has 0 saturated carbocycles. The summed E-state index contributed by atoms with van der Waals surface area (Å²) >= 11 is 0. The molecule has 2 aliphatic rings. The van der Waals surface area contributed by atoms with Crippen molar-refractivity contribution in [2.75, 3.05) is 60.0 Å². The van der Waals surface area contributed by atoms with Gasteiger partial charge in [0.25, 0.3) is 0 Å². The number of nitrogens with one attached hydrogen (secondary N) is 2. The van der Waals surface area contributed by atoms with E-state index in [-0.39, 0.29) is 12.5 Å². The lowest BCUT2D eigenvalue weighted by atomic mass is 10.0. The highest BCUT2D eigenvalue weighted by Crippen LogP contribution is 2.17. The molecule has 0 spiro atoms. The number of rotatable bonds is 7. The second-order valence-corrected chi connectivity index (χ2v) is 8.18. The molecule has 2 aliphatic heterocycles. The van der Waals surface area contributed by atoms with E-state index in [4.69, 9.17) is 4.74 Å². The molecule has 0 aromatic rings. The van der Waals surface area contributed by atoms with Crippen molar-refractivity contribution in [2.24, 2.45) is 16.8 Å². The molecule has 7 heteroatoms. The summed E-state index contributed by atoms with van der Waals surface area (Å²) in [5.41, 5.74) is 0. The highest BCUT2D eigenvalue weighted by atomic mass is 16.5. The van der Waals surface area contributed by atoms with E-state index in [1.165, 1.54) is 6.42 Å². The van der Waals surface area contributed by atoms with E-state index in [9.17, 15) is 4.79 Å². The molecule has 2 heterocycles. The van der Waals surface area contributed by atoms with Gasteiger partial charge in [0.15, 0.2) is 5.96 Å². The van der Waals surface area contributed by atoms with E-state index in [1.807, 2.05) is 0 Å². The van der Waals surface area contributed by atoms with Gasteiger partial charge < -0.3 is 25.2 Å². The van der Waals surface area contributed by atoms with Crippen LogP contribution in [0.1, 0.15) is 33.1 Å². The number of likely N-dealkylation sites (tertiary alicyclic amines) is 1. The minimum absolute atomic E-state index is 0.0178. The van der Waals surface area contributed by atoms with Gasteiger partial charge in [-0.25, -0.2) is 4.99 Å². The number of aliphatic imine (C=N–C) groups is 1.